The maximum absolute atomic E-state index is 14.1. The second-order valence-corrected chi connectivity index (χ2v) is 12.2. The number of nitrogens with one attached hydrogen (secondary N) is 2. The highest BCUT2D eigenvalue weighted by molar-refractivity contribution is 9.10. The molecule has 212 valence electrons. The van der Waals surface area contributed by atoms with Gasteiger partial charge in [0.15, 0.2) is 0 Å². The standard InChI is InChI=1S/C32H34BrN5O2S/c1-6-16-41-32-36-31-34-22(5)28(30(39)35-26-9-7-8-20(3)21(26)4)29(38(31)37-32)25-17-24(33)14-15-27(25)40-18-23-12-10-19(2)11-13-23/h7-15,17,29H,6,16,18H2,1-5H3,(H,35,39)(H,34,36,37). The van der Waals surface area contributed by atoms with Crippen molar-refractivity contribution < 1.29 is 9.53 Å². The van der Waals surface area contributed by atoms with Gasteiger partial charge < -0.3 is 15.4 Å². The van der Waals surface area contributed by atoms with E-state index in [2.05, 4.69) is 64.7 Å². The van der Waals surface area contributed by atoms with Gasteiger partial charge in [-0.2, -0.15) is 4.98 Å². The lowest BCUT2D eigenvalue weighted by Crippen LogP contribution is -2.32. The molecule has 0 saturated heterocycles. The SMILES string of the molecule is CCCSc1nc2n(n1)C(c1cc(Br)ccc1OCc1ccc(C)cc1)C(C(=O)Nc1cccc(C)c1C)=C(C)N2. The van der Waals surface area contributed by atoms with Crippen LogP contribution in [0.2, 0.25) is 0 Å². The lowest BCUT2D eigenvalue weighted by molar-refractivity contribution is -0.113. The number of fused-ring (bicyclic) bond motifs is 1. The first kappa shape index (κ1) is 29.0. The molecule has 0 fully saturated rings. The molecule has 0 aliphatic carbocycles. The van der Waals surface area contributed by atoms with Gasteiger partial charge in [-0.25, -0.2) is 4.68 Å². The van der Waals surface area contributed by atoms with E-state index in [-0.39, 0.29) is 5.91 Å². The summed E-state index contributed by atoms with van der Waals surface area (Å²) in [5.74, 6) is 1.97. The molecule has 1 amide bonds. The number of hydrogen-bond donors (Lipinski definition) is 2. The van der Waals surface area contributed by atoms with Crippen molar-refractivity contribution in [2.45, 2.75) is 58.8 Å². The van der Waals surface area contributed by atoms with Crippen LogP contribution in [0.15, 0.2) is 81.6 Å². The van der Waals surface area contributed by atoms with Crippen LogP contribution in [0.1, 0.15) is 54.1 Å². The van der Waals surface area contributed by atoms with Gasteiger partial charge in [0, 0.05) is 27.2 Å². The number of aromatic nitrogens is 3. The molecule has 4 aromatic rings. The molecule has 9 heteroatoms. The van der Waals surface area contributed by atoms with Crippen molar-refractivity contribution >= 4 is 45.2 Å². The van der Waals surface area contributed by atoms with E-state index in [1.165, 1.54) is 5.56 Å². The number of anilines is 2. The van der Waals surface area contributed by atoms with Gasteiger partial charge in [-0.15, -0.1) is 5.10 Å². The summed E-state index contributed by atoms with van der Waals surface area (Å²) in [4.78, 5) is 18.9. The lowest BCUT2D eigenvalue weighted by Gasteiger charge is -2.30. The smallest absolute Gasteiger partial charge is 0.255 e. The summed E-state index contributed by atoms with van der Waals surface area (Å²) in [7, 11) is 0. The summed E-state index contributed by atoms with van der Waals surface area (Å²) in [6, 6.07) is 19.5. The number of benzene rings is 3. The number of rotatable bonds is 9. The van der Waals surface area contributed by atoms with E-state index in [9.17, 15) is 4.79 Å². The number of allylic oxidation sites excluding steroid dienone is 1. The van der Waals surface area contributed by atoms with E-state index in [0.717, 1.165) is 44.6 Å². The Balaban J connectivity index is 1.58. The molecule has 41 heavy (non-hydrogen) atoms. The van der Waals surface area contributed by atoms with Crippen LogP contribution in [0.3, 0.4) is 0 Å². The summed E-state index contributed by atoms with van der Waals surface area (Å²) in [6.45, 7) is 10.6. The molecule has 2 N–H and O–H groups in total. The zero-order chi connectivity index (χ0) is 29.1. The molecule has 0 spiro atoms. The fourth-order valence-electron chi connectivity index (χ4n) is 4.75. The van der Waals surface area contributed by atoms with Crippen LogP contribution < -0.4 is 15.4 Å². The van der Waals surface area contributed by atoms with Crippen LogP contribution in [0.4, 0.5) is 11.6 Å². The van der Waals surface area contributed by atoms with Gasteiger partial charge in [0.25, 0.3) is 5.91 Å². The third kappa shape index (κ3) is 6.36. The molecule has 5 rings (SSSR count). The number of halogens is 1. The molecule has 3 aromatic carbocycles. The highest BCUT2D eigenvalue weighted by Gasteiger charge is 2.36. The minimum Gasteiger partial charge on any atom is -0.489 e. The van der Waals surface area contributed by atoms with E-state index in [4.69, 9.17) is 14.8 Å². The van der Waals surface area contributed by atoms with Gasteiger partial charge in [-0.05, 0) is 75.1 Å². The minimum absolute atomic E-state index is 0.206. The second kappa shape index (κ2) is 12.5. The van der Waals surface area contributed by atoms with Crippen LogP contribution in [0.25, 0.3) is 0 Å². The van der Waals surface area contributed by atoms with E-state index in [0.29, 0.717) is 34.7 Å². The molecule has 2 heterocycles. The Morgan fingerprint density at radius 2 is 1.88 bits per heavy atom. The molecule has 1 aliphatic rings. The van der Waals surface area contributed by atoms with Crippen LogP contribution in [-0.4, -0.2) is 26.4 Å². The summed E-state index contributed by atoms with van der Waals surface area (Å²) in [5.41, 5.74) is 7.27. The van der Waals surface area contributed by atoms with Gasteiger partial charge >= 0.3 is 0 Å². The van der Waals surface area contributed by atoms with E-state index >= 15 is 0 Å². The highest BCUT2D eigenvalue weighted by Crippen LogP contribution is 2.41. The summed E-state index contributed by atoms with van der Waals surface area (Å²) in [5, 5.41) is 12.0. The average Bonchev–Trinajstić information content (AvgIpc) is 3.36. The van der Waals surface area contributed by atoms with Gasteiger partial charge in [-0.1, -0.05) is 76.6 Å². The third-order valence-corrected chi connectivity index (χ3v) is 8.68. The second-order valence-electron chi connectivity index (χ2n) is 10.2. The van der Waals surface area contributed by atoms with Crippen molar-refractivity contribution in [3.8, 4) is 5.75 Å². The van der Waals surface area contributed by atoms with E-state index in [1.54, 1.807) is 11.8 Å². The molecule has 1 unspecified atom stereocenters. The number of carbonyl (C=O) groups excluding carboxylic acids is 1. The van der Waals surface area contributed by atoms with Crippen molar-refractivity contribution in [2.24, 2.45) is 0 Å². The number of nitrogens with zero attached hydrogens (tertiary/aromatic N) is 3. The van der Waals surface area contributed by atoms with E-state index < -0.39 is 6.04 Å². The zero-order valence-electron chi connectivity index (χ0n) is 23.9. The molecule has 0 radical (unpaired) electrons. The van der Waals surface area contributed by atoms with E-state index in [1.807, 2.05) is 61.9 Å². The summed E-state index contributed by atoms with van der Waals surface area (Å²) in [6.07, 6.45) is 1.01. The Morgan fingerprint density at radius 1 is 1.10 bits per heavy atom. The Morgan fingerprint density at radius 3 is 2.63 bits per heavy atom. The zero-order valence-corrected chi connectivity index (χ0v) is 26.3. The lowest BCUT2D eigenvalue weighted by atomic mass is 9.94. The topological polar surface area (TPSA) is 81.1 Å². The molecule has 1 atom stereocenters. The molecule has 0 saturated carbocycles. The van der Waals surface area contributed by atoms with Crippen molar-refractivity contribution in [1.82, 2.24) is 14.8 Å². The molecular formula is C32H34BrN5O2S. The third-order valence-electron chi connectivity index (χ3n) is 7.15. The Hall–Kier alpha value is -3.56. The number of amides is 1. The molecule has 0 bridgehead atoms. The maximum atomic E-state index is 14.1. The average molecular weight is 633 g/mol. The number of ether oxygens (including phenoxy) is 1. The van der Waals surface area contributed by atoms with Gasteiger partial charge in [0.2, 0.25) is 11.1 Å². The Bertz CT molecular complexity index is 1610. The van der Waals surface area contributed by atoms with Crippen LogP contribution in [-0.2, 0) is 11.4 Å². The largest absolute Gasteiger partial charge is 0.489 e. The Labute approximate surface area is 253 Å². The predicted octanol–water partition coefficient (Wildman–Crippen LogP) is 7.97. The van der Waals surface area contributed by atoms with Crippen molar-refractivity contribution in [3.63, 3.8) is 0 Å². The van der Waals surface area contributed by atoms with Crippen LogP contribution in [0, 0.1) is 20.8 Å². The van der Waals surface area contributed by atoms with Gasteiger partial charge in [0.05, 0.1) is 5.57 Å². The summed E-state index contributed by atoms with van der Waals surface area (Å²) >= 11 is 5.25. The first-order valence-electron chi connectivity index (χ1n) is 13.7. The molecular weight excluding hydrogens is 598 g/mol. The first-order chi connectivity index (χ1) is 19.7. The van der Waals surface area contributed by atoms with Crippen LogP contribution >= 0.6 is 27.7 Å². The quantitative estimate of drug-likeness (QED) is 0.182. The van der Waals surface area contributed by atoms with Crippen molar-refractivity contribution in [1.29, 1.82) is 0 Å². The molecule has 1 aromatic heterocycles. The van der Waals surface area contributed by atoms with Crippen LogP contribution in [0.5, 0.6) is 5.75 Å². The Kier molecular flexibility index (Phi) is 8.85. The molecule has 1 aliphatic heterocycles. The van der Waals surface area contributed by atoms with Gasteiger partial charge in [-0.3, -0.25) is 4.79 Å². The van der Waals surface area contributed by atoms with Gasteiger partial charge in [0.1, 0.15) is 18.4 Å². The normalized spacial score (nSPS) is 14.4. The predicted molar refractivity (Wildman–Crippen MR) is 170 cm³/mol. The highest BCUT2D eigenvalue weighted by atomic mass is 79.9. The van der Waals surface area contributed by atoms with Crippen molar-refractivity contribution in [2.75, 3.05) is 16.4 Å². The fraction of sp³-hybridized carbons (Fsp3) is 0.281. The number of carbonyl (C=O) groups is 1. The van der Waals surface area contributed by atoms with Crippen molar-refractivity contribution in [3.05, 3.63) is 104 Å². The first-order valence-corrected chi connectivity index (χ1v) is 15.5. The monoisotopic (exact) mass is 631 g/mol. The fourth-order valence-corrected chi connectivity index (χ4v) is 5.82. The molecule has 7 nitrogen and oxygen atoms in total. The number of thioether (sulfide) groups is 1. The summed E-state index contributed by atoms with van der Waals surface area (Å²) < 4.78 is 9.10. The maximum Gasteiger partial charge on any atom is 0.255 e. The number of hydrogen-bond acceptors (Lipinski definition) is 6. The number of aryl methyl sites for hydroxylation is 2. The minimum atomic E-state index is -0.564.